The first-order valence-electron chi connectivity index (χ1n) is 18.7. The first-order chi connectivity index (χ1) is 26.8. The van der Waals surface area contributed by atoms with Crippen molar-refractivity contribution in [2.24, 2.45) is 0 Å². The van der Waals surface area contributed by atoms with Crippen molar-refractivity contribution in [1.82, 2.24) is 9.97 Å². The Bertz CT molecular complexity index is 2790. The molecule has 3 heteroatoms. The van der Waals surface area contributed by atoms with Gasteiger partial charge in [0.2, 0.25) is 0 Å². The van der Waals surface area contributed by atoms with Crippen LogP contribution in [0.2, 0.25) is 0 Å². The summed E-state index contributed by atoms with van der Waals surface area (Å²) in [5.41, 5.74) is 14.6. The Kier molecular flexibility index (Phi) is 6.90. The molecule has 0 N–H and O–H groups in total. The molecule has 0 amide bonds. The van der Waals surface area contributed by atoms with Crippen molar-refractivity contribution in [1.29, 1.82) is 0 Å². The zero-order valence-corrected chi connectivity index (χ0v) is 29.5. The molecule has 1 unspecified atom stereocenters. The van der Waals surface area contributed by atoms with Gasteiger partial charge in [0.1, 0.15) is 11.5 Å². The fraction of sp³-hybridized carbons (Fsp3) is 0.0588. The topological polar surface area (TPSA) is 35.0 Å². The van der Waals surface area contributed by atoms with Gasteiger partial charge in [-0.25, -0.2) is 9.97 Å². The Morgan fingerprint density at radius 2 is 1.17 bits per heavy atom. The second-order valence-electron chi connectivity index (χ2n) is 14.4. The molecule has 3 nitrogen and oxygen atoms in total. The van der Waals surface area contributed by atoms with E-state index in [1.165, 1.54) is 44.5 Å². The summed E-state index contributed by atoms with van der Waals surface area (Å²) in [6, 6.07) is 60.5. The zero-order valence-electron chi connectivity index (χ0n) is 29.5. The molecule has 54 heavy (non-hydrogen) atoms. The van der Waals surface area contributed by atoms with E-state index in [9.17, 15) is 0 Å². The van der Waals surface area contributed by atoms with Gasteiger partial charge >= 0.3 is 0 Å². The van der Waals surface area contributed by atoms with Crippen LogP contribution in [-0.2, 0) is 5.41 Å². The van der Waals surface area contributed by atoms with E-state index < -0.39 is 5.41 Å². The Hall–Kier alpha value is -6.84. The van der Waals surface area contributed by atoms with E-state index in [0.29, 0.717) is 0 Å². The number of rotatable bonds is 4. The number of allylic oxidation sites excluding steroid dienone is 4. The Morgan fingerprint density at radius 3 is 1.96 bits per heavy atom. The van der Waals surface area contributed by atoms with E-state index in [2.05, 4.69) is 170 Å². The minimum Gasteiger partial charge on any atom is -0.456 e. The summed E-state index contributed by atoms with van der Waals surface area (Å²) in [5, 5.41) is 1.05. The van der Waals surface area contributed by atoms with E-state index in [1.54, 1.807) is 0 Å². The second-order valence-corrected chi connectivity index (χ2v) is 14.4. The number of hydrogen-bond donors (Lipinski definition) is 0. The molecular formula is C51H34N2O. The molecule has 1 aliphatic heterocycles. The molecule has 3 aliphatic rings. The number of fused-ring (bicyclic) bond motifs is 10. The minimum atomic E-state index is -0.479. The third kappa shape index (κ3) is 4.55. The highest BCUT2D eigenvalue weighted by atomic mass is 16.5. The van der Waals surface area contributed by atoms with Gasteiger partial charge in [-0.1, -0.05) is 176 Å². The Labute approximate surface area is 314 Å². The molecule has 1 spiro atoms. The van der Waals surface area contributed by atoms with E-state index in [-0.39, 0.29) is 5.92 Å². The van der Waals surface area contributed by atoms with Crippen LogP contribution in [-0.4, -0.2) is 9.97 Å². The van der Waals surface area contributed by atoms with Crippen LogP contribution in [0.15, 0.2) is 188 Å². The summed E-state index contributed by atoms with van der Waals surface area (Å²) in [6.45, 7) is 0. The van der Waals surface area contributed by atoms with Crippen molar-refractivity contribution in [3.8, 4) is 45.3 Å². The lowest BCUT2D eigenvalue weighted by Crippen LogP contribution is -2.32. The van der Waals surface area contributed by atoms with E-state index in [0.717, 1.165) is 57.0 Å². The average molecular weight is 691 g/mol. The van der Waals surface area contributed by atoms with Crippen LogP contribution >= 0.6 is 0 Å². The highest BCUT2D eigenvalue weighted by Crippen LogP contribution is 2.62. The van der Waals surface area contributed by atoms with Gasteiger partial charge in [-0.3, -0.25) is 0 Å². The second kappa shape index (κ2) is 12.1. The van der Waals surface area contributed by atoms with Crippen molar-refractivity contribution in [2.75, 3.05) is 0 Å². The largest absolute Gasteiger partial charge is 0.456 e. The Balaban J connectivity index is 0.996. The predicted octanol–water partition coefficient (Wildman–Crippen LogP) is 12.6. The molecule has 0 radical (unpaired) electrons. The third-order valence-corrected chi connectivity index (χ3v) is 11.5. The zero-order chi connectivity index (χ0) is 35.6. The lowest BCUT2D eigenvalue weighted by atomic mass is 9.65. The summed E-state index contributed by atoms with van der Waals surface area (Å²) < 4.78 is 6.97. The maximum atomic E-state index is 6.97. The third-order valence-electron chi connectivity index (χ3n) is 11.5. The van der Waals surface area contributed by atoms with Crippen LogP contribution < -0.4 is 4.74 Å². The van der Waals surface area contributed by atoms with Gasteiger partial charge in [0, 0.05) is 39.1 Å². The number of benzene rings is 7. The van der Waals surface area contributed by atoms with Crippen molar-refractivity contribution in [3.05, 3.63) is 221 Å². The monoisotopic (exact) mass is 690 g/mol. The standard InChI is InChI=1S/C51H34N2O/c1-2-14-34(15-3-1)48-41-20-6-10-26-46(41)52-50(53-48)35-30-28-33(29-31-35)36-16-12-17-37(32-36)38-21-13-25-45-49(38)54-47-27-11-9-24-44(47)51(45)42-22-7-4-18-39(42)40-19-5-8-23-43(40)51/h1-15,17-32,36H,16H2. The molecule has 2 heterocycles. The molecule has 0 saturated heterocycles. The van der Waals surface area contributed by atoms with Crippen LogP contribution in [0.25, 0.3) is 50.2 Å². The van der Waals surface area contributed by atoms with Crippen LogP contribution in [0, 0.1) is 0 Å². The fourth-order valence-corrected chi connectivity index (χ4v) is 9.10. The van der Waals surface area contributed by atoms with Crippen LogP contribution in [0.5, 0.6) is 11.5 Å². The first kappa shape index (κ1) is 30.8. The average Bonchev–Trinajstić information content (AvgIpc) is 3.54. The molecule has 7 aromatic carbocycles. The number of aromatic nitrogens is 2. The Morgan fingerprint density at radius 1 is 0.519 bits per heavy atom. The van der Waals surface area contributed by atoms with Crippen molar-refractivity contribution < 1.29 is 4.74 Å². The summed E-state index contributed by atoms with van der Waals surface area (Å²) >= 11 is 0. The number of ether oxygens (including phenoxy) is 1. The molecular weight excluding hydrogens is 657 g/mol. The fourth-order valence-electron chi connectivity index (χ4n) is 9.10. The van der Waals surface area contributed by atoms with Crippen LogP contribution in [0.3, 0.4) is 0 Å². The molecule has 2 aliphatic carbocycles. The van der Waals surface area contributed by atoms with Gasteiger partial charge in [0.25, 0.3) is 0 Å². The van der Waals surface area contributed by atoms with Crippen molar-refractivity contribution in [2.45, 2.75) is 17.8 Å². The lowest BCUT2D eigenvalue weighted by Gasteiger charge is -2.40. The normalized spacial score (nSPS) is 15.9. The lowest BCUT2D eigenvalue weighted by molar-refractivity contribution is 0.435. The molecule has 0 saturated carbocycles. The van der Waals surface area contributed by atoms with Crippen LogP contribution in [0.4, 0.5) is 0 Å². The molecule has 0 fully saturated rings. The maximum Gasteiger partial charge on any atom is 0.160 e. The molecule has 8 aromatic rings. The van der Waals surface area contributed by atoms with Crippen LogP contribution in [0.1, 0.15) is 45.7 Å². The number of para-hydroxylation sites is 3. The van der Waals surface area contributed by atoms with E-state index >= 15 is 0 Å². The van der Waals surface area contributed by atoms with E-state index in [1.807, 2.05) is 18.2 Å². The van der Waals surface area contributed by atoms with Gasteiger partial charge in [-0.05, 0) is 51.9 Å². The maximum absolute atomic E-state index is 6.97. The molecule has 1 aromatic heterocycles. The molecule has 0 bridgehead atoms. The van der Waals surface area contributed by atoms with Gasteiger partial charge in [-0.15, -0.1) is 0 Å². The van der Waals surface area contributed by atoms with Gasteiger partial charge in [0.15, 0.2) is 5.82 Å². The van der Waals surface area contributed by atoms with Gasteiger partial charge in [0.05, 0.1) is 16.6 Å². The van der Waals surface area contributed by atoms with E-state index in [4.69, 9.17) is 14.7 Å². The highest BCUT2D eigenvalue weighted by Gasteiger charge is 2.51. The highest BCUT2D eigenvalue weighted by molar-refractivity contribution is 5.94. The summed E-state index contributed by atoms with van der Waals surface area (Å²) in [6.07, 6.45) is 7.91. The number of hydrogen-bond acceptors (Lipinski definition) is 3. The summed E-state index contributed by atoms with van der Waals surface area (Å²) in [5.74, 6) is 2.78. The minimum absolute atomic E-state index is 0.213. The SMILES string of the molecule is C1=CC(c2cccc3c2Oc2ccccc2C32c3ccccc3-c3ccccc32)=CC(c2ccc(-c3nc(-c4ccccc4)c4ccccc4n3)cc2)C1. The molecule has 11 rings (SSSR count). The van der Waals surface area contributed by atoms with Crippen molar-refractivity contribution in [3.63, 3.8) is 0 Å². The summed E-state index contributed by atoms with van der Waals surface area (Å²) in [7, 11) is 0. The first-order valence-corrected chi connectivity index (χ1v) is 18.7. The predicted molar refractivity (Wildman–Crippen MR) is 219 cm³/mol. The quantitative estimate of drug-likeness (QED) is 0.184. The molecule has 1 atom stereocenters. The number of nitrogens with zero attached hydrogens (tertiary/aromatic N) is 2. The molecule has 254 valence electrons. The van der Waals surface area contributed by atoms with Crippen molar-refractivity contribution >= 4 is 16.5 Å². The van der Waals surface area contributed by atoms with Gasteiger partial charge < -0.3 is 4.74 Å². The summed E-state index contributed by atoms with van der Waals surface area (Å²) in [4.78, 5) is 10.1. The van der Waals surface area contributed by atoms with Gasteiger partial charge in [-0.2, -0.15) is 0 Å². The smallest absolute Gasteiger partial charge is 0.160 e.